The number of benzene rings is 1. The van der Waals surface area contributed by atoms with E-state index >= 15 is 0 Å². The molecule has 1 aliphatic heterocycles. The topological polar surface area (TPSA) is 0 Å². The van der Waals surface area contributed by atoms with Crippen molar-refractivity contribution in [1.82, 2.24) is 0 Å². The van der Waals surface area contributed by atoms with Crippen molar-refractivity contribution in [1.29, 1.82) is 0 Å². The Morgan fingerprint density at radius 3 is 2.85 bits per heavy atom. The zero-order chi connectivity index (χ0) is 9.26. The minimum atomic E-state index is 0.0196. The van der Waals surface area contributed by atoms with Crippen LogP contribution in [0, 0.1) is 0 Å². The van der Waals surface area contributed by atoms with Crippen molar-refractivity contribution in [3.63, 3.8) is 0 Å². The van der Waals surface area contributed by atoms with E-state index in [1.165, 1.54) is 16.5 Å². The monoisotopic (exact) mass is 188 g/mol. The first-order valence-corrected chi connectivity index (χ1v) is 4.80. The highest BCUT2D eigenvalue weighted by molar-refractivity contribution is 7.18. The molecule has 0 aromatic heterocycles. The molecule has 0 amide bonds. The molecule has 0 fully saturated rings. The van der Waals surface area contributed by atoms with Gasteiger partial charge in [-0.05, 0) is 5.56 Å². The minimum absolute atomic E-state index is 0.0196. The molecular weight excluding hydrogens is 178 g/mol. The summed E-state index contributed by atoms with van der Waals surface area (Å²) in [5.74, 6) is 0. The number of rotatable bonds is 0. The summed E-state index contributed by atoms with van der Waals surface area (Å²) >= 11 is 6.29. The second kappa shape index (κ2) is 3.43. The highest BCUT2D eigenvalue weighted by Crippen LogP contribution is 2.13. The molecule has 1 aliphatic rings. The van der Waals surface area contributed by atoms with Crippen LogP contribution in [0.15, 0.2) is 41.9 Å². The molecule has 1 aromatic carbocycles. The van der Waals surface area contributed by atoms with Gasteiger partial charge in [-0.25, -0.2) is 0 Å². The maximum absolute atomic E-state index is 6.29. The lowest BCUT2D eigenvalue weighted by atomic mass is 9.61. The number of allylic oxidation sites excluding steroid dienone is 3. The van der Waals surface area contributed by atoms with Crippen LogP contribution in [0.3, 0.4) is 0 Å². The lowest BCUT2D eigenvalue weighted by molar-refractivity contribution is 1.64. The van der Waals surface area contributed by atoms with Crippen LogP contribution in [-0.2, 0) is 0 Å². The van der Waals surface area contributed by atoms with Crippen molar-refractivity contribution in [3.8, 4) is 0 Å². The van der Waals surface area contributed by atoms with Crippen LogP contribution in [-0.4, -0.2) is 6.13 Å². The molecule has 1 heterocycles. The molecule has 0 radical (unpaired) electrons. The third kappa shape index (κ3) is 1.57. The summed E-state index contributed by atoms with van der Waals surface area (Å²) in [6.07, 6.45) is 6.24. The summed E-state index contributed by atoms with van der Waals surface area (Å²) < 4.78 is 0. The molecule has 0 N–H and O–H groups in total. The average Bonchev–Trinajstić information content (AvgIpc) is 2.29. The van der Waals surface area contributed by atoms with E-state index in [1.54, 1.807) is 0 Å². The van der Waals surface area contributed by atoms with Gasteiger partial charge in [0.05, 0.1) is 0 Å². The van der Waals surface area contributed by atoms with E-state index in [-0.39, 0.29) is 6.13 Å². The molecule has 1 aromatic rings. The van der Waals surface area contributed by atoms with E-state index in [9.17, 15) is 0 Å². The fourth-order valence-corrected chi connectivity index (χ4v) is 1.80. The molecule has 13 heavy (non-hydrogen) atoms. The Balaban J connectivity index is 2.57. The smallest absolute Gasteiger partial charge is 0.182 e. The zero-order valence-corrected chi connectivity index (χ0v) is 8.25. The number of halogens is 1. The first-order valence-electron chi connectivity index (χ1n) is 4.37. The van der Waals surface area contributed by atoms with Gasteiger partial charge in [0.15, 0.2) is 0 Å². The van der Waals surface area contributed by atoms with Gasteiger partial charge in [0.2, 0.25) is 0 Å². The van der Waals surface area contributed by atoms with E-state index in [0.717, 1.165) is 0 Å². The Morgan fingerprint density at radius 2 is 2.00 bits per heavy atom. The van der Waals surface area contributed by atoms with Gasteiger partial charge in [-0.1, -0.05) is 60.4 Å². The Labute approximate surface area is 83.9 Å². The second-order valence-electron chi connectivity index (χ2n) is 3.26. The Hall–Kier alpha value is -0.945. The quantitative estimate of drug-likeness (QED) is 0.549. The standard InChI is InChI=1S/C11H10BCl/c1-9-5-4-7-10-6-2-3-8-11(10)12(9)13/h2-8H,1H3. The Morgan fingerprint density at radius 1 is 1.23 bits per heavy atom. The Bertz CT molecular complexity index is 379. The molecule has 64 valence electrons. The fourth-order valence-electron chi connectivity index (χ4n) is 1.53. The van der Waals surface area contributed by atoms with Gasteiger partial charge in [-0.2, -0.15) is 11.5 Å². The van der Waals surface area contributed by atoms with Crippen molar-refractivity contribution < 1.29 is 0 Å². The summed E-state index contributed by atoms with van der Waals surface area (Å²) in [5.41, 5.74) is 3.62. The van der Waals surface area contributed by atoms with Crippen LogP contribution in [0.25, 0.3) is 6.08 Å². The van der Waals surface area contributed by atoms with E-state index in [0.29, 0.717) is 0 Å². The van der Waals surface area contributed by atoms with Gasteiger partial charge in [0.25, 0.3) is 0 Å². The first-order chi connectivity index (χ1) is 6.29. The summed E-state index contributed by atoms with van der Waals surface area (Å²) in [6.45, 7) is 2.06. The highest BCUT2D eigenvalue weighted by atomic mass is 35.5. The SMILES string of the molecule is CC1=CC=Cc2ccccc2B1Cl. The number of hydrogen-bond acceptors (Lipinski definition) is 0. The second-order valence-corrected chi connectivity index (χ2v) is 3.70. The molecule has 0 aliphatic carbocycles. The highest BCUT2D eigenvalue weighted by Gasteiger charge is 2.18. The van der Waals surface area contributed by atoms with Gasteiger partial charge < -0.3 is 0 Å². The van der Waals surface area contributed by atoms with Crippen LogP contribution in [0.1, 0.15) is 12.5 Å². The van der Waals surface area contributed by atoms with Crippen molar-refractivity contribution in [2.24, 2.45) is 0 Å². The van der Waals surface area contributed by atoms with E-state index < -0.39 is 0 Å². The molecule has 0 spiro atoms. The minimum Gasteiger partial charge on any atom is -0.182 e. The predicted molar refractivity (Wildman–Crippen MR) is 60.5 cm³/mol. The lowest BCUT2D eigenvalue weighted by Gasteiger charge is -2.07. The van der Waals surface area contributed by atoms with Gasteiger partial charge in [0.1, 0.15) is 0 Å². The van der Waals surface area contributed by atoms with Crippen molar-refractivity contribution in [3.05, 3.63) is 47.5 Å². The van der Waals surface area contributed by atoms with Gasteiger partial charge in [-0.15, -0.1) is 0 Å². The average molecular weight is 188 g/mol. The van der Waals surface area contributed by atoms with Crippen molar-refractivity contribution in [2.75, 3.05) is 0 Å². The third-order valence-corrected chi connectivity index (χ3v) is 2.88. The number of hydrogen-bond donors (Lipinski definition) is 0. The maximum Gasteiger partial charge on any atom is 0.311 e. The summed E-state index contributed by atoms with van der Waals surface area (Å²) in [6, 6.07) is 8.24. The predicted octanol–water partition coefficient (Wildman–Crippen LogP) is 2.64. The molecule has 0 nitrogen and oxygen atoms in total. The molecular formula is C11H10BCl. The normalized spacial score (nSPS) is 14.9. The molecule has 2 heteroatoms. The van der Waals surface area contributed by atoms with Crippen LogP contribution < -0.4 is 5.46 Å². The molecule has 0 saturated heterocycles. The van der Waals surface area contributed by atoms with E-state index in [2.05, 4.69) is 37.3 Å². The molecule has 2 rings (SSSR count). The molecule has 0 atom stereocenters. The summed E-state index contributed by atoms with van der Waals surface area (Å²) in [5, 5.41) is 0. The van der Waals surface area contributed by atoms with Crippen LogP contribution in [0.2, 0.25) is 0 Å². The number of fused-ring (bicyclic) bond motifs is 1. The van der Waals surface area contributed by atoms with E-state index in [4.69, 9.17) is 11.5 Å². The lowest BCUT2D eigenvalue weighted by Crippen LogP contribution is -2.27. The summed E-state index contributed by atoms with van der Waals surface area (Å²) in [7, 11) is 0. The van der Waals surface area contributed by atoms with Crippen LogP contribution >= 0.6 is 11.5 Å². The van der Waals surface area contributed by atoms with Crippen molar-refractivity contribution >= 4 is 29.1 Å². The third-order valence-electron chi connectivity index (χ3n) is 2.30. The largest absolute Gasteiger partial charge is 0.311 e. The van der Waals surface area contributed by atoms with Crippen LogP contribution in [0.5, 0.6) is 0 Å². The van der Waals surface area contributed by atoms with Crippen LogP contribution in [0.4, 0.5) is 0 Å². The van der Waals surface area contributed by atoms with Gasteiger partial charge in [-0.3, -0.25) is 0 Å². The zero-order valence-electron chi connectivity index (χ0n) is 7.50. The van der Waals surface area contributed by atoms with Gasteiger partial charge in [0, 0.05) is 0 Å². The molecule has 0 unspecified atom stereocenters. The van der Waals surface area contributed by atoms with Gasteiger partial charge >= 0.3 is 6.13 Å². The van der Waals surface area contributed by atoms with Crippen molar-refractivity contribution in [2.45, 2.75) is 6.92 Å². The summed E-state index contributed by atoms with van der Waals surface area (Å²) in [4.78, 5) is 0. The first kappa shape index (κ1) is 8.64. The molecule has 0 saturated carbocycles. The van der Waals surface area contributed by atoms with E-state index in [1.807, 2.05) is 12.1 Å². The fraction of sp³-hybridized carbons (Fsp3) is 0.0909. The Kier molecular flexibility index (Phi) is 2.28. The maximum atomic E-state index is 6.29. The molecule has 0 bridgehead atoms.